The molecule has 0 aromatic heterocycles. The molecule has 19 heavy (non-hydrogen) atoms. The van der Waals surface area contributed by atoms with Gasteiger partial charge in [-0.15, -0.1) is 11.6 Å². The zero-order valence-corrected chi connectivity index (χ0v) is 13.1. The summed E-state index contributed by atoms with van der Waals surface area (Å²) in [6, 6.07) is 0.0859. The van der Waals surface area contributed by atoms with Gasteiger partial charge in [-0.2, -0.15) is 0 Å². The highest BCUT2D eigenvalue weighted by Crippen LogP contribution is 2.69. The lowest BCUT2D eigenvalue weighted by Gasteiger charge is -2.64. The number of amides is 1. The van der Waals surface area contributed by atoms with Gasteiger partial charge in [0.1, 0.15) is 0 Å². The number of nitrogens with one attached hydrogen (secondary N) is 1. The zero-order valence-electron chi connectivity index (χ0n) is 12.4. The van der Waals surface area contributed by atoms with Crippen LogP contribution in [0.15, 0.2) is 0 Å². The predicted molar refractivity (Wildman–Crippen MR) is 78.2 cm³/mol. The molecule has 4 saturated carbocycles. The molecule has 3 heteroatoms. The first-order valence-electron chi connectivity index (χ1n) is 7.65. The van der Waals surface area contributed by atoms with Gasteiger partial charge in [-0.3, -0.25) is 4.79 Å². The highest BCUT2D eigenvalue weighted by Gasteiger charge is 2.62. The summed E-state index contributed by atoms with van der Waals surface area (Å²) in [5.41, 5.74) is 0.703. The van der Waals surface area contributed by atoms with Gasteiger partial charge in [0, 0.05) is 11.9 Å². The van der Waals surface area contributed by atoms with Crippen molar-refractivity contribution in [3.05, 3.63) is 0 Å². The van der Waals surface area contributed by atoms with Crippen molar-refractivity contribution < 1.29 is 4.79 Å². The van der Waals surface area contributed by atoms with E-state index in [9.17, 15) is 4.79 Å². The molecule has 0 spiro atoms. The Morgan fingerprint density at radius 3 is 2.26 bits per heavy atom. The molecule has 0 aromatic carbocycles. The van der Waals surface area contributed by atoms with E-state index in [1.54, 1.807) is 0 Å². The van der Waals surface area contributed by atoms with Crippen LogP contribution in [0.25, 0.3) is 0 Å². The van der Waals surface area contributed by atoms with Crippen molar-refractivity contribution in [2.24, 2.45) is 22.2 Å². The molecule has 0 heterocycles. The number of halogens is 1. The van der Waals surface area contributed by atoms with Crippen molar-refractivity contribution in [3.63, 3.8) is 0 Å². The molecular formula is C16H26ClNO. The van der Waals surface area contributed by atoms with Crippen LogP contribution in [-0.4, -0.2) is 17.8 Å². The van der Waals surface area contributed by atoms with Gasteiger partial charge in [0.05, 0.1) is 5.41 Å². The fourth-order valence-corrected chi connectivity index (χ4v) is 6.19. The fourth-order valence-electron chi connectivity index (χ4n) is 6.12. The molecule has 0 aliphatic heterocycles. The smallest absolute Gasteiger partial charge is 0.226 e. The minimum absolute atomic E-state index is 0.0859. The van der Waals surface area contributed by atoms with Crippen LogP contribution in [0.5, 0.6) is 0 Å². The van der Waals surface area contributed by atoms with E-state index in [4.69, 9.17) is 11.6 Å². The molecule has 1 amide bonds. The molecule has 4 fully saturated rings. The predicted octanol–water partition coefficient (Wildman–Crippen LogP) is 3.73. The standard InChI is InChI=1S/C16H26ClNO/c1-11(7-17)18-13(19)16-6-12-4-14(2,9-16)8-15(3,5-12)10-16/h11-12H,4-10H2,1-3H3,(H,18,19). The Morgan fingerprint density at radius 2 is 1.79 bits per heavy atom. The molecule has 4 aliphatic carbocycles. The van der Waals surface area contributed by atoms with Crippen molar-refractivity contribution in [1.29, 1.82) is 0 Å². The van der Waals surface area contributed by atoms with Gasteiger partial charge < -0.3 is 5.32 Å². The van der Waals surface area contributed by atoms with Gasteiger partial charge in [-0.05, 0) is 62.2 Å². The Kier molecular flexibility index (Phi) is 2.98. The van der Waals surface area contributed by atoms with Crippen molar-refractivity contribution in [2.45, 2.75) is 65.3 Å². The van der Waals surface area contributed by atoms with Crippen molar-refractivity contribution in [1.82, 2.24) is 5.32 Å². The molecule has 4 rings (SSSR count). The molecule has 4 bridgehead atoms. The molecule has 0 radical (unpaired) electrons. The lowest BCUT2D eigenvalue weighted by Crippen LogP contribution is -2.60. The minimum Gasteiger partial charge on any atom is -0.352 e. The van der Waals surface area contributed by atoms with Crippen LogP contribution in [-0.2, 0) is 4.79 Å². The second-order valence-corrected chi connectivity index (χ2v) is 8.75. The molecule has 2 nitrogen and oxygen atoms in total. The van der Waals surface area contributed by atoms with Gasteiger partial charge in [-0.1, -0.05) is 13.8 Å². The van der Waals surface area contributed by atoms with E-state index < -0.39 is 0 Å². The summed E-state index contributed by atoms with van der Waals surface area (Å²) in [5.74, 6) is 1.55. The quantitative estimate of drug-likeness (QED) is 0.786. The van der Waals surface area contributed by atoms with E-state index in [0.29, 0.717) is 16.7 Å². The van der Waals surface area contributed by atoms with Gasteiger partial charge in [0.15, 0.2) is 0 Å². The Balaban J connectivity index is 1.86. The first-order valence-corrected chi connectivity index (χ1v) is 8.19. The van der Waals surface area contributed by atoms with Gasteiger partial charge in [0.25, 0.3) is 0 Å². The van der Waals surface area contributed by atoms with Crippen molar-refractivity contribution in [2.75, 3.05) is 5.88 Å². The number of carbonyl (C=O) groups excluding carboxylic acids is 1. The van der Waals surface area contributed by atoms with Crippen LogP contribution in [0.2, 0.25) is 0 Å². The summed E-state index contributed by atoms with van der Waals surface area (Å²) < 4.78 is 0. The maximum absolute atomic E-state index is 12.8. The van der Waals surface area contributed by atoms with Crippen molar-refractivity contribution in [3.8, 4) is 0 Å². The average molecular weight is 284 g/mol. The highest BCUT2D eigenvalue weighted by molar-refractivity contribution is 6.18. The monoisotopic (exact) mass is 283 g/mol. The van der Waals surface area contributed by atoms with Crippen LogP contribution in [0, 0.1) is 22.2 Å². The number of rotatable bonds is 3. The third-order valence-corrected chi connectivity index (χ3v) is 6.18. The molecule has 3 atom stereocenters. The number of hydrogen-bond donors (Lipinski definition) is 1. The Bertz CT molecular complexity index is 390. The molecule has 1 N–H and O–H groups in total. The number of carbonyl (C=O) groups is 1. The molecule has 3 unspecified atom stereocenters. The van der Waals surface area contributed by atoms with Gasteiger partial charge in [0.2, 0.25) is 5.91 Å². The van der Waals surface area contributed by atoms with E-state index >= 15 is 0 Å². The minimum atomic E-state index is -0.0940. The largest absolute Gasteiger partial charge is 0.352 e. The molecule has 4 aliphatic rings. The summed E-state index contributed by atoms with van der Waals surface area (Å²) in [4.78, 5) is 12.8. The molecule has 0 saturated heterocycles. The Morgan fingerprint density at radius 1 is 1.21 bits per heavy atom. The van der Waals surface area contributed by atoms with Crippen LogP contribution in [0.1, 0.15) is 59.3 Å². The SMILES string of the molecule is CC(CCl)NC(=O)C12CC3CC(C)(CC(C)(C3)C1)C2. The number of hydrogen-bond acceptors (Lipinski definition) is 1. The van der Waals surface area contributed by atoms with Crippen LogP contribution in [0.3, 0.4) is 0 Å². The molecular weight excluding hydrogens is 258 g/mol. The van der Waals surface area contributed by atoms with E-state index in [1.807, 2.05) is 6.92 Å². The normalized spacial score (nSPS) is 49.2. The van der Waals surface area contributed by atoms with Crippen LogP contribution < -0.4 is 5.32 Å². The van der Waals surface area contributed by atoms with Gasteiger partial charge >= 0.3 is 0 Å². The van der Waals surface area contributed by atoms with E-state index in [0.717, 1.165) is 25.2 Å². The summed E-state index contributed by atoms with van der Waals surface area (Å²) in [5, 5.41) is 3.15. The van der Waals surface area contributed by atoms with Crippen molar-refractivity contribution >= 4 is 17.5 Å². The highest BCUT2D eigenvalue weighted by atomic mass is 35.5. The maximum atomic E-state index is 12.8. The van der Waals surface area contributed by atoms with Gasteiger partial charge in [-0.25, -0.2) is 0 Å². The third kappa shape index (κ3) is 2.20. The summed E-state index contributed by atoms with van der Waals surface area (Å²) >= 11 is 5.84. The molecule has 0 aromatic rings. The lowest BCUT2D eigenvalue weighted by atomic mass is 9.40. The zero-order chi connectivity index (χ0) is 13.9. The first-order chi connectivity index (χ1) is 8.78. The molecule has 108 valence electrons. The fraction of sp³-hybridized carbons (Fsp3) is 0.938. The Hall–Kier alpha value is -0.240. The van der Waals surface area contributed by atoms with E-state index in [-0.39, 0.29) is 17.4 Å². The topological polar surface area (TPSA) is 29.1 Å². The van der Waals surface area contributed by atoms with Crippen LogP contribution >= 0.6 is 11.6 Å². The van der Waals surface area contributed by atoms with E-state index in [1.165, 1.54) is 19.3 Å². The van der Waals surface area contributed by atoms with E-state index in [2.05, 4.69) is 19.2 Å². The maximum Gasteiger partial charge on any atom is 0.226 e. The second-order valence-electron chi connectivity index (χ2n) is 8.44. The average Bonchev–Trinajstić information content (AvgIpc) is 2.23. The summed E-state index contributed by atoms with van der Waals surface area (Å²) in [6.07, 6.45) is 7.28. The third-order valence-electron chi connectivity index (χ3n) is 5.72. The Labute approximate surface area is 121 Å². The summed E-state index contributed by atoms with van der Waals surface area (Å²) in [6.45, 7) is 6.81. The first kappa shape index (κ1) is 13.7. The lowest BCUT2D eigenvalue weighted by molar-refractivity contribution is -0.170. The number of alkyl halides is 1. The summed E-state index contributed by atoms with van der Waals surface area (Å²) in [7, 11) is 0. The van der Waals surface area contributed by atoms with Crippen LogP contribution in [0.4, 0.5) is 0 Å². The second kappa shape index (κ2) is 4.13.